The van der Waals surface area contributed by atoms with Gasteiger partial charge < -0.3 is 0 Å². The van der Waals surface area contributed by atoms with Crippen LogP contribution < -0.4 is 0 Å². The van der Waals surface area contributed by atoms with Gasteiger partial charge in [-0.1, -0.05) is 12.8 Å². The first-order chi connectivity index (χ1) is 6.86. The topological polar surface area (TPSA) is 68.3 Å². The molecule has 3 atom stereocenters. The van der Waals surface area contributed by atoms with Crippen LogP contribution in [0.4, 0.5) is 0 Å². The first-order valence-electron chi connectivity index (χ1n) is 5.30. The zero-order valence-corrected chi connectivity index (χ0v) is 10.4. The van der Waals surface area contributed by atoms with Crippen LogP contribution >= 0.6 is 0 Å². The van der Waals surface area contributed by atoms with Crippen LogP contribution in [0.1, 0.15) is 32.6 Å². The summed E-state index contributed by atoms with van der Waals surface area (Å²) < 4.78 is 47.6. The molecule has 0 spiro atoms. The summed E-state index contributed by atoms with van der Waals surface area (Å²) in [6.07, 6.45) is 2.72. The van der Waals surface area contributed by atoms with Crippen molar-refractivity contribution in [2.75, 3.05) is 5.75 Å². The van der Waals surface area contributed by atoms with Gasteiger partial charge in [-0.3, -0.25) is 0 Å². The second-order valence-electron chi connectivity index (χ2n) is 4.59. The molecule has 1 aliphatic carbocycles. The van der Waals surface area contributed by atoms with Gasteiger partial charge in [0.25, 0.3) is 0 Å². The van der Waals surface area contributed by atoms with E-state index >= 15 is 0 Å². The Morgan fingerprint density at radius 2 is 1.47 bits per heavy atom. The van der Waals surface area contributed by atoms with Crippen LogP contribution in [0.15, 0.2) is 0 Å². The lowest BCUT2D eigenvalue weighted by atomic mass is 10.00. The predicted octanol–water partition coefficient (Wildman–Crippen LogP) is 0.529. The highest BCUT2D eigenvalue weighted by Gasteiger charge is 2.50. The molecule has 0 radical (unpaired) electrons. The van der Waals surface area contributed by atoms with Crippen molar-refractivity contribution in [2.45, 2.75) is 48.4 Å². The van der Waals surface area contributed by atoms with Gasteiger partial charge in [-0.25, -0.2) is 16.8 Å². The highest BCUT2D eigenvalue weighted by molar-refractivity contribution is 7.99. The Kier molecular flexibility index (Phi) is 2.62. The predicted molar refractivity (Wildman–Crippen MR) is 58.2 cm³/mol. The Balaban J connectivity index is 2.47. The first kappa shape index (κ1) is 11.4. The molecule has 1 saturated carbocycles. The van der Waals surface area contributed by atoms with Crippen molar-refractivity contribution in [3.8, 4) is 0 Å². The first-order valence-corrected chi connectivity index (χ1v) is 8.62. The third-order valence-electron chi connectivity index (χ3n) is 3.55. The van der Waals surface area contributed by atoms with Crippen LogP contribution in [0, 0.1) is 0 Å². The number of rotatable bonds is 0. The summed E-state index contributed by atoms with van der Waals surface area (Å²) in [5.74, 6) is -0.184. The Bertz CT molecular complexity index is 449. The van der Waals surface area contributed by atoms with Crippen molar-refractivity contribution in [3.63, 3.8) is 0 Å². The van der Waals surface area contributed by atoms with E-state index in [1.165, 1.54) is 6.92 Å². The van der Waals surface area contributed by atoms with Crippen molar-refractivity contribution in [2.24, 2.45) is 0 Å². The second-order valence-corrected chi connectivity index (χ2v) is 9.44. The third kappa shape index (κ3) is 1.71. The van der Waals surface area contributed by atoms with Gasteiger partial charge in [0.2, 0.25) is 0 Å². The zero-order valence-electron chi connectivity index (χ0n) is 8.72. The Morgan fingerprint density at radius 3 is 2.07 bits per heavy atom. The molecule has 1 heterocycles. The molecule has 3 unspecified atom stereocenters. The summed E-state index contributed by atoms with van der Waals surface area (Å²) >= 11 is 0. The third-order valence-corrected chi connectivity index (χ3v) is 9.08. The van der Waals surface area contributed by atoms with E-state index in [-0.39, 0.29) is 5.75 Å². The van der Waals surface area contributed by atoms with Gasteiger partial charge in [0, 0.05) is 0 Å². The number of hydrogen-bond acceptors (Lipinski definition) is 4. The smallest absolute Gasteiger partial charge is 0.158 e. The SMILES string of the molecule is CC1CS(=O)(=O)C2CCCCC2S1(=O)=O. The highest BCUT2D eigenvalue weighted by Crippen LogP contribution is 2.36. The maximum absolute atomic E-state index is 12.0. The van der Waals surface area contributed by atoms with Crippen LogP contribution in [-0.2, 0) is 19.7 Å². The number of fused-ring (bicyclic) bond motifs is 1. The Hall–Kier alpha value is -0.100. The fourth-order valence-electron chi connectivity index (χ4n) is 2.69. The van der Waals surface area contributed by atoms with Crippen LogP contribution in [0.25, 0.3) is 0 Å². The van der Waals surface area contributed by atoms with E-state index in [1.807, 2.05) is 0 Å². The van der Waals surface area contributed by atoms with Crippen molar-refractivity contribution in [1.82, 2.24) is 0 Å². The molecule has 15 heavy (non-hydrogen) atoms. The van der Waals surface area contributed by atoms with Crippen LogP contribution in [-0.4, -0.2) is 38.3 Å². The molecule has 0 bridgehead atoms. The minimum Gasteiger partial charge on any atom is -0.228 e. The fourth-order valence-corrected chi connectivity index (χ4v) is 8.67. The summed E-state index contributed by atoms with van der Waals surface area (Å²) in [5.41, 5.74) is 0. The quantitative estimate of drug-likeness (QED) is 0.630. The average Bonchev–Trinajstić information content (AvgIpc) is 2.15. The van der Waals surface area contributed by atoms with E-state index in [9.17, 15) is 16.8 Å². The molecule has 1 aliphatic heterocycles. The Morgan fingerprint density at radius 1 is 0.933 bits per heavy atom. The molecular weight excluding hydrogens is 236 g/mol. The lowest BCUT2D eigenvalue weighted by Crippen LogP contribution is -2.53. The fraction of sp³-hybridized carbons (Fsp3) is 1.00. The minimum atomic E-state index is -3.21. The normalized spacial score (nSPS) is 43.1. The zero-order chi connectivity index (χ0) is 11.3. The van der Waals surface area contributed by atoms with Crippen LogP contribution in [0.5, 0.6) is 0 Å². The van der Waals surface area contributed by atoms with E-state index in [0.29, 0.717) is 12.8 Å². The summed E-state index contributed by atoms with van der Waals surface area (Å²) in [4.78, 5) is 0. The monoisotopic (exact) mass is 252 g/mol. The van der Waals surface area contributed by atoms with Gasteiger partial charge in [0.1, 0.15) is 0 Å². The highest BCUT2D eigenvalue weighted by atomic mass is 32.2. The molecule has 0 N–H and O–H groups in total. The molecule has 0 aromatic rings. The number of sulfone groups is 2. The summed E-state index contributed by atoms with van der Waals surface area (Å²) in [5, 5.41) is -1.96. The van der Waals surface area contributed by atoms with Gasteiger partial charge in [-0.15, -0.1) is 0 Å². The molecule has 2 aliphatic rings. The summed E-state index contributed by atoms with van der Waals surface area (Å²) in [6, 6.07) is 0. The van der Waals surface area contributed by atoms with Gasteiger partial charge in [-0.05, 0) is 19.8 Å². The molecule has 0 aromatic heterocycles. The molecule has 6 heteroatoms. The molecule has 0 amide bonds. The molecule has 2 rings (SSSR count). The van der Waals surface area contributed by atoms with E-state index < -0.39 is 35.4 Å². The van der Waals surface area contributed by atoms with Crippen molar-refractivity contribution < 1.29 is 16.8 Å². The molecule has 88 valence electrons. The maximum atomic E-state index is 12.0. The van der Waals surface area contributed by atoms with Gasteiger partial charge in [0.05, 0.1) is 21.5 Å². The lowest BCUT2D eigenvalue weighted by molar-refractivity contribution is 0.458. The lowest BCUT2D eigenvalue weighted by Gasteiger charge is -2.37. The van der Waals surface area contributed by atoms with Crippen molar-refractivity contribution in [3.05, 3.63) is 0 Å². The largest absolute Gasteiger partial charge is 0.228 e. The van der Waals surface area contributed by atoms with E-state index in [4.69, 9.17) is 0 Å². The molecule has 1 saturated heterocycles. The summed E-state index contributed by atoms with van der Waals surface area (Å²) in [7, 11) is -6.40. The minimum absolute atomic E-state index is 0.184. The maximum Gasteiger partial charge on any atom is 0.158 e. The van der Waals surface area contributed by atoms with E-state index in [2.05, 4.69) is 0 Å². The van der Waals surface area contributed by atoms with E-state index in [1.54, 1.807) is 0 Å². The van der Waals surface area contributed by atoms with Gasteiger partial charge >= 0.3 is 0 Å². The van der Waals surface area contributed by atoms with Crippen LogP contribution in [0.3, 0.4) is 0 Å². The van der Waals surface area contributed by atoms with Crippen molar-refractivity contribution in [1.29, 1.82) is 0 Å². The van der Waals surface area contributed by atoms with Gasteiger partial charge in [0.15, 0.2) is 19.7 Å². The Labute approximate surface area is 90.9 Å². The average molecular weight is 252 g/mol. The molecule has 0 aromatic carbocycles. The summed E-state index contributed by atoms with van der Waals surface area (Å²) in [6.45, 7) is 1.51. The standard InChI is InChI=1S/C9H16O4S2/c1-7-6-14(10,11)8-4-2-3-5-9(8)15(7,12)13/h7-9H,2-6H2,1H3. The van der Waals surface area contributed by atoms with E-state index in [0.717, 1.165) is 12.8 Å². The molecular formula is C9H16O4S2. The molecule has 4 nitrogen and oxygen atoms in total. The van der Waals surface area contributed by atoms with Crippen molar-refractivity contribution >= 4 is 19.7 Å². The van der Waals surface area contributed by atoms with Crippen LogP contribution in [0.2, 0.25) is 0 Å². The molecule has 2 fully saturated rings. The van der Waals surface area contributed by atoms with Gasteiger partial charge in [-0.2, -0.15) is 0 Å². The second kappa shape index (κ2) is 3.45. The number of hydrogen-bond donors (Lipinski definition) is 0.